The van der Waals surface area contributed by atoms with E-state index in [0.717, 1.165) is 32.1 Å². The Morgan fingerprint density at radius 3 is 2.50 bits per heavy atom. The number of rotatable bonds is 9. The number of nitrogen functional groups attached to an aromatic ring is 1. The lowest BCUT2D eigenvalue weighted by molar-refractivity contribution is 0.483. The van der Waals surface area contributed by atoms with Gasteiger partial charge in [-0.1, -0.05) is 33.1 Å². The number of aromatic nitrogens is 2. The Morgan fingerprint density at radius 1 is 1.30 bits per heavy atom. The van der Waals surface area contributed by atoms with Crippen LogP contribution in [0, 0.1) is 0 Å². The molecule has 1 aromatic heterocycles. The maximum atomic E-state index is 12.4. The van der Waals surface area contributed by atoms with Crippen LogP contribution in [0.15, 0.2) is 11.1 Å². The first kappa shape index (κ1) is 17.0. The summed E-state index contributed by atoms with van der Waals surface area (Å²) in [5, 5.41) is 3.99. The molecular weight excluding hydrogens is 276 g/mol. The summed E-state index contributed by atoms with van der Waals surface area (Å²) in [6, 6.07) is -0.0330. The van der Waals surface area contributed by atoms with E-state index in [0.29, 0.717) is 6.54 Å². The third kappa shape index (κ3) is 4.49. The van der Waals surface area contributed by atoms with Gasteiger partial charge in [-0.05, 0) is 19.8 Å². The number of anilines is 1. The van der Waals surface area contributed by atoms with Gasteiger partial charge in [0.1, 0.15) is 4.90 Å². The Kier molecular flexibility index (Phi) is 6.48. The highest BCUT2D eigenvalue weighted by Crippen LogP contribution is 2.18. The van der Waals surface area contributed by atoms with Crippen molar-refractivity contribution in [3.8, 4) is 0 Å². The van der Waals surface area contributed by atoms with Gasteiger partial charge in [0.25, 0.3) is 0 Å². The number of unbranched alkanes of at least 4 members (excludes halogenated alkanes) is 1. The second-order valence-electron chi connectivity index (χ2n) is 4.98. The fraction of sp³-hybridized carbons (Fsp3) is 0.769. The van der Waals surface area contributed by atoms with Gasteiger partial charge in [-0.3, -0.25) is 4.68 Å². The second kappa shape index (κ2) is 7.64. The van der Waals surface area contributed by atoms with Gasteiger partial charge in [-0.25, -0.2) is 13.1 Å². The van der Waals surface area contributed by atoms with Gasteiger partial charge in [-0.2, -0.15) is 5.10 Å². The lowest BCUT2D eigenvalue weighted by Gasteiger charge is -2.17. The van der Waals surface area contributed by atoms with Crippen molar-refractivity contribution in [3.05, 3.63) is 6.20 Å². The zero-order chi connectivity index (χ0) is 15.2. The molecule has 0 bridgehead atoms. The fourth-order valence-electron chi connectivity index (χ4n) is 2.13. The van der Waals surface area contributed by atoms with Crippen LogP contribution in [0.2, 0.25) is 0 Å². The van der Waals surface area contributed by atoms with Crippen molar-refractivity contribution >= 4 is 15.8 Å². The van der Waals surface area contributed by atoms with Crippen molar-refractivity contribution in [2.24, 2.45) is 0 Å². The smallest absolute Gasteiger partial charge is 0.246 e. The van der Waals surface area contributed by atoms with Crippen LogP contribution >= 0.6 is 0 Å². The van der Waals surface area contributed by atoms with Crippen LogP contribution in [0.1, 0.15) is 52.9 Å². The summed E-state index contributed by atoms with van der Waals surface area (Å²) >= 11 is 0. The number of nitrogens with two attached hydrogens (primary N) is 1. The average molecular weight is 302 g/mol. The van der Waals surface area contributed by atoms with Crippen molar-refractivity contribution < 1.29 is 8.42 Å². The Bertz CT molecular complexity index is 510. The van der Waals surface area contributed by atoms with Gasteiger partial charge in [-0.15, -0.1) is 0 Å². The highest BCUT2D eigenvalue weighted by molar-refractivity contribution is 7.89. The van der Waals surface area contributed by atoms with Gasteiger partial charge in [0.15, 0.2) is 5.82 Å². The van der Waals surface area contributed by atoms with Gasteiger partial charge < -0.3 is 5.73 Å². The third-order valence-corrected chi connectivity index (χ3v) is 4.77. The molecule has 20 heavy (non-hydrogen) atoms. The van der Waals surface area contributed by atoms with Crippen LogP contribution in [-0.4, -0.2) is 24.2 Å². The molecule has 1 heterocycles. The largest absolute Gasteiger partial charge is 0.381 e. The van der Waals surface area contributed by atoms with E-state index in [9.17, 15) is 8.42 Å². The number of aryl methyl sites for hydroxylation is 1. The van der Waals surface area contributed by atoms with Crippen molar-refractivity contribution in [1.82, 2.24) is 14.5 Å². The summed E-state index contributed by atoms with van der Waals surface area (Å²) in [5.74, 6) is 0.0603. The van der Waals surface area contributed by atoms with E-state index in [-0.39, 0.29) is 16.8 Å². The quantitative estimate of drug-likeness (QED) is 0.731. The van der Waals surface area contributed by atoms with E-state index in [1.165, 1.54) is 10.9 Å². The van der Waals surface area contributed by atoms with E-state index in [1.807, 2.05) is 6.92 Å². The van der Waals surface area contributed by atoms with Crippen molar-refractivity contribution in [2.45, 2.75) is 70.4 Å². The molecule has 1 rings (SSSR count). The maximum Gasteiger partial charge on any atom is 0.246 e. The molecule has 0 saturated heterocycles. The van der Waals surface area contributed by atoms with Crippen LogP contribution in [-0.2, 0) is 16.6 Å². The molecule has 0 saturated carbocycles. The van der Waals surface area contributed by atoms with E-state index in [2.05, 4.69) is 23.7 Å². The molecule has 7 heteroatoms. The number of sulfonamides is 1. The molecule has 1 atom stereocenters. The van der Waals surface area contributed by atoms with Crippen LogP contribution in [0.4, 0.5) is 5.82 Å². The summed E-state index contributed by atoms with van der Waals surface area (Å²) in [7, 11) is -3.59. The molecule has 0 fully saturated rings. The van der Waals surface area contributed by atoms with Crippen LogP contribution in [0.25, 0.3) is 0 Å². The van der Waals surface area contributed by atoms with E-state index < -0.39 is 10.0 Å². The molecule has 1 unspecified atom stereocenters. The van der Waals surface area contributed by atoms with Gasteiger partial charge in [0.05, 0.1) is 0 Å². The Labute approximate surface area is 121 Å². The highest BCUT2D eigenvalue weighted by atomic mass is 32.2. The van der Waals surface area contributed by atoms with Crippen LogP contribution < -0.4 is 10.5 Å². The topological polar surface area (TPSA) is 90.0 Å². The molecule has 0 aromatic carbocycles. The lowest BCUT2D eigenvalue weighted by atomic mass is 10.1. The number of nitrogens with zero attached hydrogens (tertiary/aromatic N) is 2. The fourth-order valence-corrected chi connectivity index (χ4v) is 3.51. The molecule has 0 aliphatic heterocycles. The SMILES string of the molecule is CCCCC(CCC)NS(=O)(=O)c1cn(CC)nc1N. The molecule has 0 amide bonds. The van der Waals surface area contributed by atoms with Gasteiger partial charge >= 0.3 is 0 Å². The molecule has 0 radical (unpaired) electrons. The van der Waals surface area contributed by atoms with Crippen LogP contribution in [0.3, 0.4) is 0 Å². The molecule has 116 valence electrons. The Hall–Kier alpha value is -1.08. The number of hydrogen-bond acceptors (Lipinski definition) is 4. The predicted molar refractivity (Wildman–Crippen MR) is 80.9 cm³/mol. The molecule has 1 aromatic rings. The van der Waals surface area contributed by atoms with Gasteiger partial charge in [0.2, 0.25) is 10.0 Å². The monoisotopic (exact) mass is 302 g/mol. The first-order valence-electron chi connectivity index (χ1n) is 7.29. The summed E-state index contributed by atoms with van der Waals surface area (Å²) < 4.78 is 29.1. The van der Waals surface area contributed by atoms with Crippen molar-refractivity contribution in [2.75, 3.05) is 5.73 Å². The molecule has 0 aliphatic rings. The second-order valence-corrected chi connectivity index (χ2v) is 6.67. The minimum Gasteiger partial charge on any atom is -0.381 e. The molecular formula is C13H26N4O2S. The third-order valence-electron chi connectivity index (χ3n) is 3.23. The molecule has 0 aliphatic carbocycles. The molecule has 3 N–H and O–H groups in total. The first-order chi connectivity index (χ1) is 9.44. The lowest BCUT2D eigenvalue weighted by Crippen LogP contribution is -2.35. The summed E-state index contributed by atoms with van der Waals surface area (Å²) in [4.78, 5) is 0.0805. The minimum absolute atomic E-state index is 0.0330. The van der Waals surface area contributed by atoms with Crippen molar-refractivity contribution in [3.63, 3.8) is 0 Å². The van der Waals surface area contributed by atoms with Gasteiger partial charge in [0, 0.05) is 18.8 Å². The number of hydrogen-bond donors (Lipinski definition) is 2. The van der Waals surface area contributed by atoms with Crippen molar-refractivity contribution in [1.29, 1.82) is 0 Å². The summed E-state index contributed by atoms with van der Waals surface area (Å²) in [5.41, 5.74) is 5.70. The zero-order valence-electron chi connectivity index (χ0n) is 12.6. The molecule has 6 nitrogen and oxygen atoms in total. The average Bonchev–Trinajstić information content (AvgIpc) is 2.78. The van der Waals surface area contributed by atoms with E-state index >= 15 is 0 Å². The number of nitrogens with one attached hydrogen (secondary N) is 1. The zero-order valence-corrected chi connectivity index (χ0v) is 13.4. The van der Waals surface area contributed by atoms with E-state index in [4.69, 9.17) is 5.73 Å². The standard InChI is InChI=1S/C13H26N4O2S/c1-4-7-9-11(8-5-2)16-20(18,19)12-10-17(6-3)15-13(12)14/h10-11,16H,4-9H2,1-3H3,(H2,14,15). The van der Waals surface area contributed by atoms with Crippen LogP contribution in [0.5, 0.6) is 0 Å². The Morgan fingerprint density at radius 2 is 2.00 bits per heavy atom. The first-order valence-corrected chi connectivity index (χ1v) is 8.78. The minimum atomic E-state index is -3.59. The van der Waals surface area contributed by atoms with E-state index in [1.54, 1.807) is 0 Å². The normalized spacial score (nSPS) is 13.6. The maximum absolute atomic E-state index is 12.4. The highest BCUT2D eigenvalue weighted by Gasteiger charge is 2.24. The Balaban J connectivity index is 2.87. The summed E-state index contributed by atoms with van der Waals surface area (Å²) in [6.07, 6.45) is 6.18. The molecule has 0 spiro atoms. The predicted octanol–water partition coefficient (Wildman–Crippen LogP) is 2.12. The summed E-state index contributed by atoms with van der Waals surface area (Å²) in [6.45, 7) is 6.63.